The number of nitrogens with zero attached hydrogens (tertiary/aromatic N) is 1. The minimum atomic E-state index is 0.592. The van der Waals surface area contributed by atoms with Gasteiger partial charge in [0.05, 0.1) is 11.6 Å². The van der Waals surface area contributed by atoms with Crippen molar-refractivity contribution < 1.29 is 4.74 Å². The maximum absolute atomic E-state index is 6.19. The predicted molar refractivity (Wildman–Crippen MR) is 75.8 cm³/mol. The summed E-state index contributed by atoms with van der Waals surface area (Å²) in [6, 6.07) is 3.68. The molecule has 0 bridgehead atoms. The van der Waals surface area contributed by atoms with E-state index in [1.54, 1.807) is 6.07 Å². The number of halogens is 2. The van der Waals surface area contributed by atoms with Crippen molar-refractivity contribution in [2.75, 3.05) is 32.8 Å². The van der Waals surface area contributed by atoms with Crippen molar-refractivity contribution in [2.45, 2.75) is 13.5 Å². The van der Waals surface area contributed by atoms with Crippen molar-refractivity contribution in [2.24, 2.45) is 0 Å². The summed E-state index contributed by atoms with van der Waals surface area (Å²) in [5, 5.41) is 4.59. The molecule has 0 atom stereocenters. The summed E-state index contributed by atoms with van der Waals surface area (Å²) in [6.45, 7) is 7.52. The Kier molecular flexibility index (Phi) is 5.13. The molecule has 18 heavy (non-hydrogen) atoms. The molecule has 1 aromatic rings. The van der Waals surface area contributed by atoms with Gasteiger partial charge in [-0.3, -0.25) is 4.90 Å². The van der Waals surface area contributed by atoms with Crippen LogP contribution in [0.2, 0.25) is 10.0 Å². The first kappa shape index (κ1) is 13.9. The zero-order valence-electron chi connectivity index (χ0n) is 10.5. The molecule has 1 aliphatic rings. The summed E-state index contributed by atoms with van der Waals surface area (Å²) in [4.78, 5) is 2.38. The second kappa shape index (κ2) is 6.62. The first-order valence-corrected chi connectivity index (χ1v) is 7.00. The van der Waals surface area contributed by atoms with Gasteiger partial charge in [0.15, 0.2) is 0 Å². The van der Waals surface area contributed by atoms with Gasteiger partial charge in [0.1, 0.15) is 5.75 Å². The number of nitrogens with one attached hydrogen (secondary N) is 1. The van der Waals surface area contributed by atoms with Gasteiger partial charge in [-0.05, 0) is 19.1 Å². The Hall–Kier alpha value is -0.480. The smallest absolute Gasteiger partial charge is 0.142 e. The molecular formula is C13H18Cl2N2O. The molecule has 1 saturated heterocycles. The van der Waals surface area contributed by atoms with Crippen molar-refractivity contribution in [3.8, 4) is 5.75 Å². The molecule has 1 aromatic carbocycles. The highest BCUT2D eigenvalue weighted by Gasteiger charge is 2.15. The molecule has 3 nitrogen and oxygen atoms in total. The van der Waals surface area contributed by atoms with Crippen molar-refractivity contribution in [1.29, 1.82) is 0 Å². The summed E-state index contributed by atoms with van der Waals surface area (Å²) in [5.41, 5.74) is 1.07. The van der Waals surface area contributed by atoms with Crippen LogP contribution >= 0.6 is 23.2 Å². The van der Waals surface area contributed by atoms with Crippen LogP contribution in [0.1, 0.15) is 12.5 Å². The molecule has 2 rings (SSSR count). The predicted octanol–water partition coefficient (Wildman–Crippen LogP) is 2.80. The van der Waals surface area contributed by atoms with Gasteiger partial charge in [-0.15, -0.1) is 0 Å². The Morgan fingerprint density at radius 2 is 2.00 bits per heavy atom. The van der Waals surface area contributed by atoms with Crippen LogP contribution in [0.3, 0.4) is 0 Å². The van der Waals surface area contributed by atoms with Crippen LogP contribution in [0.5, 0.6) is 5.75 Å². The molecule has 0 amide bonds. The Bertz CT molecular complexity index is 406. The fourth-order valence-corrected chi connectivity index (χ4v) is 2.74. The van der Waals surface area contributed by atoms with E-state index in [9.17, 15) is 0 Å². The summed E-state index contributed by atoms with van der Waals surface area (Å²) < 4.78 is 5.63. The monoisotopic (exact) mass is 288 g/mol. The number of benzene rings is 1. The molecule has 1 aliphatic heterocycles. The van der Waals surface area contributed by atoms with E-state index in [-0.39, 0.29) is 0 Å². The quantitative estimate of drug-likeness (QED) is 0.922. The Morgan fingerprint density at radius 1 is 1.28 bits per heavy atom. The van der Waals surface area contributed by atoms with E-state index in [2.05, 4.69) is 10.2 Å². The van der Waals surface area contributed by atoms with Crippen molar-refractivity contribution in [3.05, 3.63) is 27.7 Å². The Balaban J connectivity index is 2.18. The molecule has 1 fully saturated rings. The number of ether oxygens (including phenoxy) is 1. The molecule has 0 radical (unpaired) electrons. The van der Waals surface area contributed by atoms with Gasteiger partial charge < -0.3 is 10.1 Å². The van der Waals surface area contributed by atoms with Gasteiger partial charge in [0, 0.05) is 43.3 Å². The Morgan fingerprint density at radius 3 is 2.67 bits per heavy atom. The van der Waals surface area contributed by atoms with Gasteiger partial charge in [-0.2, -0.15) is 0 Å². The van der Waals surface area contributed by atoms with Gasteiger partial charge in [-0.1, -0.05) is 23.2 Å². The van der Waals surface area contributed by atoms with E-state index in [0.717, 1.165) is 44.0 Å². The van der Waals surface area contributed by atoms with Crippen LogP contribution in [0.15, 0.2) is 12.1 Å². The fourth-order valence-electron chi connectivity index (χ4n) is 2.15. The third kappa shape index (κ3) is 3.51. The van der Waals surface area contributed by atoms with E-state index in [4.69, 9.17) is 27.9 Å². The highest BCUT2D eigenvalue weighted by Crippen LogP contribution is 2.33. The molecule has 0 spiro atoms. The average Bonchev–Trinajstić information content (AvgIpc) is 2.35. The topological polar surface area (TPSA) is 24.5 Å². The second-order valence-corrected chi connectivity index (χ2v) is 5.18. The summed E-state index contributed by atoms with van der Waals surface area (Å²) in [5.74, 6) is 0.766. The lowest BCUT2D eigenvalue weighted by Gasteiger charge is -2.28. The molecular weight excluding hydrogens is 271 g/mol. The molecule has 1 N–H and O–H groups in total. The number of hydrogen-bond donors (Lipinski definition) is 1. The largest absolute Gasteiger partial charge is 0.492 e. The molecule has 0 aliphatic carbocycles. The molecule has 100 valence electrons. The van der Waals surface area contributed by atoms with Gasteiger partial charge in [0.25, 0.3) is 0 Å². The van der Waals surface area contributed by atoms with Crippen LogP contribution in [0.25, 0.3) is 0 Å². The highest BCUT2D eigenvalue weighted by atomic mass is 35.5. The van der Waals surface area contributed by atoms with E-state index < -0.39 is 0 Å². The fraction of sp³-hybridized carbons (Fsp3) is 0.538. The molecule has 0 aromatic heterocycles. The number of rotatable bonds is 4. The maximum atomic E-state index is 6.19. The molecule has 0 saturated carbocycles. The van der Waals surface area contributed by atoms with Crippen molar-refractivity contribution in [1.82, 2.24) is 10.2 Å². The highest BCUT2D eigenvalue weighted by molar-refractivity contribution is 6.35. The lowest BCUT2D eigenvalue weighted by atomic mass is 10.1. The first-order valence-electron chi connectivity index (χ1n) is 6.24. The van der Waals surface area contributed by atoms with Crippen LogP contribution in [0, 0.1) is 0 Å². The normalized spacial score (nSPS) is 16.8. The summed E-state index contributed by atoms with van der Waals surface area (Å²) >= 11 is 12.3. The zero-order chi connectivity index (χ0) is 13.0. The molecule has 1 heterocycles. The van der Waals surface area contributed by atoms with Crippen molar-refractivity contribution in [3.63, 3.8) is 0 Å². The third-order valence-corrected chi connectivity index (χ3v) is 3.48. The SMILES string of the molecule is CCOc1c(Cl)cc(Cl)cc1CN1CCNCC1. The second-order valence-electron chi connectivity index (χ2n) is 4.34. The third-order valence-electron chi connectivity index (χ3n) is 2.98. The van der Waals surface area contributed by atoms with E-state index in [1.165, 1.54) is 0 Å². The van der Waals surface area contributed by atoms with Crippen LogP contribution in [0.4, 0.5) is 0 Å². The number of hydrogen-bond acceptors (Lipinski definition) is 3. The average molecular weight is 289 g/mol. The standard InChI is InChI=1S/C13H18Cl2N2O/c1-2-18-13-10(7-11(14)8-12(13)15)9-17-5-3-16-4-6-17/h7-8,16H,2-6,9H2,1H3. The summed E-state index contributed by atoms with van der Waals surface area (Å²) in [7, 11) is 0. The number of piperazine rings is 1. The lowest BCUT2D eigenvalue weighted by molar-refractivity contribution is 0.228. The zero-order valence-corrected chi connectivity index (χ0v) is 12.0. The maximum Gasteiger partial charge on any atom is 0.142 e. The minimum absolute atomic E-state index is 0.592. The van der Waals surface area contributed by atoms with Gasteiger partial charge >= 0.3 is 0 Å². The molecule has 0 unspecified atom stereocenters. The summed E-state index contributed by atoms with van der Waals surface area (Å²) in [6.07, 6.45) is 0. The van der Waals surface area contributed by atoms with Crippen LogP contribution in [-0.2, 0) is 6.54 Å². The lowest BCUT2D eigenvalue weighted by Crippen LogP contribution is -2.42. The first-order chi connectivity index (χ1) is 8.70. The van der Waals surface area contributed by atoms with Crippen LogP contribution in [-0.4, -0.2) is 37.7 Å². The van der Waals surface area contributed by atoms with Crippen LogP contribution < -0.4 is 10.1 Å². The van der Waals surface area contributed by atoms with E-state index in [1.807, 2.05) is 13.0 Å². The Labute approximate surface area is 118 Å². The van der Waals surface area contributed by atoms with Gasteiger partial charge in [0.2, 0.25) is 0 Å². The minimum Gasteiger partial charge on any atom is -0.492 e. The van der Waals surface area contributed by atoms with Gasteiger partial charge in [-0.25, -0.2) is 0 Å². The van der Waals surface area contributed by atoms with Crippen molar-refractivity contribution >= 4 is 23.2 Å². The van der Waals surface area contributed by atoms with E-state index >= 15 is 0 Å². The van der Waals surface area contributed by atoms with E-state index in [0.29, 0.717) is 16.7 Å². The molecule has 5 heteroatoms.